The molecule has 2 unspecified atom stereocenters. The molecule has 4 nitrogen and oxygen atoms in total. The Morgan fingerprint density at radius 3 is 2.94 bits per heavy atom. The maximum absolute atomic E-state index is 10.8. The number of β-amino-alcohol motifs (C(OH)–C–C–N with tert-alkyl or cyclic N) is 1. The zero-order valence-electron chi connectivity index (χ0n) is 9.80. The minimum atomic E-state index is -0.867. The molecule has 1 fully saturated rings. The fourth-order valence-electron chi connectivity index (χ4n) is 2.06. The molecule has 0 bridgehead atoms. The van der Waals surface area contributed by atoms with Gasteiger partial charge in [-0.15, -0.1) is 11.3 Å². The van der Waals surface area contributed by atoms with E-state index in [2.05, 4.69) is 11.8 Å². The monoisotopic (exact) mass is 255 g/mol. The molecule has 0 radical (unpaired) electrons. The van der Waals surface area contributed by atoms with Gasteiger partial charge in [-0.3, -0.25) is 4.90 Å². The molecule has 1 aromatic rings. The minimum Gasteiger partial charge on any atom is -0.477 e. The van der Waals surface area contributed by atoms with Crippen LogP contribution in [0.15, 0.2) is 12.1 Å². The van der Waals surface area contributed by atoms with Gasteiger partial charge in [0.25, 0.3) is 0 Å². The summed E-state index contributed by atoms with van der Waals surface area (Å²) in [4.78, 5) is 14.4. The van der Waals surface area contributed by atoms with Gasteiger partial charge in [0.15, 0.2) is 0 Å². The molecule has 17 heavy (non-hydrogen) atoms. The van der Waals surface area contributed by atoms with Crippen LogP contribution in [0, 0.1) is 5.92 Å². The van der Waals surface area contributed by atoms with Crippen molar-refractivity contribution in [2.24, 2.45) is 5.92 Å². The van der Waals surface area contributed by atoms with Crippen molar-refractivity contribution in [3.63, 3.8) is 0 Å². The van der Waals surface area contributed by atoms with Gasteiger partial charge in [0.05, 0.1) is 6.10 Å². The van der Waals surface area contributed by atoms with Crippen molar-refractivity contribution in [3.05, 3.63) is 21.9 Å². The first-order valence-electron chi connectivity index (χ1n) is 5.78. The molecule has 2 N–H and O–H groups in total. The summed E-state index contributed by atoms with van der Waals surface area (Å²) in [6.07, 6.45) is 0.737. The molecule has 0 aliphatic carbocycles. The fraction of sp³-hybridized carbons (Fsp3) is 0.583. The first-order chi connectivity index (χ1) is 8.06. The van der Waals surface area contributed by atoms with Crippen LogP contribution in [0.4, 0.5) is 0 Å². The molecule has 94 valence electrons. The second-order valence-electron chi connectivity index (χ2n) is 4.64. The van der Waals surface area contributed by atoms with Crippen molar-refractivity contribution in [1.82, 2.24) is 4.90 Å². The molecular weight excluding hydrogens is 238 g/mol. The van der Waals surface area contributed by atoms with Crippen molar-refractivity contribution >= 4 is 17.3 Å². The molecule has 0 spiro atoms. The number of carboxylic acids is 1. The Balaban J connectivity index is 1.94. The highest BCUT2D eigenvalue weighted by Gasteiger charge is 2.24. The van der Waals surface area contributed by atoms with E-state index < -0.39 is 5.97 Å². The summed E-state index contributed by atoms with van der Waals surface area (Å²) >= 11 is 1.31. The first-order valence-corrected chi connectivity index (χ1v) is 6.60. The zero-order valence-corrected chi connectivity index (χ0v) is 10.6. The van der Waals surface area contributed by atoms with E-state index in [1.54, 1.807) is 6.07 Å². The first kappa shape index (κ1) is 12.5. The van der Waals surface area contributed by atoms with Gasteiger partial charge in [-0.2, -0.15) is 0 Å². The lowest BCUT2D eigenvalue weighted by Gasteiger charge is -2.33. The SMILES string of the molecule is CC1CCN(Cc2ccc(C(=O)O)s2)CC1O. The van der Waals surface area contributed by atoms with E-state index in [0.717, 1.165) is 24.4 Å². The molecule has 2 heterocycles. The maximum atomic E-state index is 10.8. The molecule has 1 aliphatic heterocycles. The van der Waals surface area contributed by atoms with Gasteiger partial charge >= 0.3 is 5.97 Å². The molecule has 2 atom stereocenters. The average Bonchev–Trinajstić information content (AvgIpc) is 2.72. The van der Waals surface area contributed by atoms with E-state index >= 15 is 0 Å². The van der Waals surface area contributed by atoms with E-state index in [0.29, 0.717) is 17.3 Å². The van der Waals surface area contributed by atoms with Gasteiger partial charge < -0.3 is 10.2 Å². The number of thiophene rings is 1. The van der Waals surface area contributed by atoms with E-state index in [1.165, 1.54) is 11.3 Å². The lowest BCUT2D eigenvalue weighted by Crippen LogP contribution is -2.42. The number of likely N-dealkylation sites (tertiary alicyclic amines) is 1. The molecule has 1 aliphatic rings. The highest BCUT2D eigenvalue weighted by molar-refractivity contribution is 7.13. The third kappa shape index (κ3) is 3.06. The third-order valence-electron chi connectivity index (χ3n) is 3.25. The number of aromatic carboxylic acids is 1. The topological polar surface area (TPSA) is 60.8 Å². The second kappa shape index (κ2) is 5.16. The van der Waals surface area contributed by atoms with Gasteiger partial charge in [0.1, 0.15) is 4.88 Å². The average molecular weight is 255 g/mol. The lowest BCUT2D eigenvalue weighted by atomic mass is 9.96. The van der Waals surface area contributed by atoms with Crippen LogP contribution in [0.5, 0.6) is 0 Å². The molecular formula is C12H17NO3S. The largest absolute Gasteiger partial charge is 0.477 e. The smallest absolute Gasteiger partial charge is 0.345 e. The van der Waals surface area contributed by atoms with Crippen LogP contribution < -0.4 is 0 Å². The van der Waals surface area contributed by atoms with Gasteiger partial charge in [0, 0.05) is 18.0 Å². The van der Waals surface area contributed by atoms with Crippen LogP contribution in [0.3, 0.4) is 0 Å². The van der Waals surface area contributed by atoms with Crippen LogP contribution in [-0.2, 0) is 6.54 Å². The van der Waals surface area contributed by atoms with Crippen LogP contribution in [-0.4, -0.2) is 40.3 Å². The zero-order chi connectivity index (χ0) is 12.4. The van der Waals surface area contributed by atoms with Crippen molar-refractivity contribution in [3.8, 4) is 0 Å². The Morgan fingerprint density at radius 1 is 1.59 bits per heavy atom. The number of aliphatic hydroxyl groups excluding tert-OH is 1. The molecule has 1 saturated heterocycles. The summed E-state index contributed by atoms with van der Waals surface area (Å²) in [5, 5.41) is 18.6. The van der Waals surface area contributed by atoms with Gasteiger partial charge in [0.2, 0.25) is 0 Å². The molecule has 0 saturated carbocycles. The third-order valence-corrected chi connectivity index (χ3v) is 4.31. The van der Waals surface area contributed by atoms with Gasteiger partial charge in [-0.25, -0.2) is 4.79 Å². The Labute approximate surface area is 104 Å². The number of hydrogen-bond acceptors (Lipinski definition) is 4. The standard InChI is InChI=1S/C12H17NO3S/c1-8-4-5-13(7-10(8)14)6-9-2-3-11(17-9)12(15)16/h2-3,8,10,14H,4-7H2,1H3,(H,15,16). The van der Waals surface area contributed by atoms with E-state index in [9.17, 15) is 9.90 Å². The summed E-state index contributed by atoms with van der Waals surface area (Å²) in [6, 6.07) is 3.50. The number of carbonyl (C=O) groups is 1. The van der Waals surface area contributed by atoms with Crippen LogP contribution in [0.25, 0.3) is 0 Å². The predicted molar refractivity (Wildman–Crippen MR) is 66.3 cm³/mol. The summed E-state index contributed by atoms with van der Waals surface area (Å²) in [6.45, 7) is 4.46. The molecule has 0 amide bonds. The van der Waals surface area contributed by atoms with Crippen molar-refractivity contribution < 1.29 is 15.0 Å². The molecule has 1 aromatic heterocycles. The quantitative estimate of drug-likeness (QED) is 0.862. The summed E-state index contributed by atoms with van der Waals surface area (Å²) in [7, 11) is 0. The minimum absolute atomic E-state index is 0.261. The number of aliphatic hydroxyl groups is 1. The maximum Gasteiger partial charge on any atom is 0.345 e. The predicted octanol–water partition coefficient (Wildman–Crippen LogP) is 1.65. The summed E-state index contributed by atoms with van der Waals surface area (Å²) in [5.41, 5.74) is 0. The van der Waals surface area contributed by atoms with E-state index in [-0.39, 0.29) is 6.10 Å². The van der Waals surface area contributed by atoms with Crippen molar-refractivity contribution in [2.75, 3.05) is 13.1 Å². The number of hydrogen-bond donors (Lipinski definition) is 2. The number of rotatable bonds is 3. The highest BCUT2D eigenvalue weighted by Crippen LogP contribution is 2.22. The molecule has 5 heteroatoms. The number of piperidine rings is 1. The Morgan fingerprint density at radius 2 is 2.35 bits per heavy atom. The van der Waals surface area contributed by atoms with Gasteiger partial charge in [-0.1, -0.05) is 6.92 Å². The van der Waals surface area contributed by atoms with Crippen molar-refractivity contribution in [1.29, 1.82) is 0 Å². The highest BCUT2D eigenvalue weighted by atomic mass is 32.1. The van der Waals surface area contributed by atoms with Crippen LogP contribution in [0.2, 0.25) is 0 Å². The van der Waals surface area contributed by atoms with E-state index in [1.807, 2.05) is 6.07 Å². The van der Waals surface area contributed by atoms with Crippen LogP contribution in [0.1, 0.15) is 27.9 Å². The Hall–Kier alpha value is -0.910. The number of nitrogens with zero attached hydrogens (tertiary/aromatic N) is 1. The van der Waals surface area contributed by atoms with Gasteiger partial charge in [-0.05, 0) is 31.0 Å². The normalized spacial score (nSPS) is 26.0. The second-order valence-corrected chi connectivity index (χ2v) is 5.81. The lowest BCUT2D eigenvalue weighted by molar-refractivity contribution is 0.0263. The van der Waals surface area contributed by atoms with Crippen LogP contribution >= 0.6 is 11.3 Å². The fourth-order valence-corrected chi connectivity index (χ4v) is 2.95. The van der Waals surface area contributed by atoms with E-state index in [4.69, 9.17) is 5.11 Å². The number of carboxylic acid groups (broad SMARTS) is 1. The Kier molecular flexibility index (Phi) is 3.81. The Bertz CT molecular complexity index is 404. The molecule has 0 aromatic carbocycles. The van der Waals surface area contributed by atoms with Crippen molar-refractivity contribution in [2.45, 2.75) is 26.0 Å². The summed E-state index contributed by atoms with van der Waals surface area (Å²) < 4.78 is 0. The molecule has 2 rings (SSSR count). The summed E-state index contributed by atoms with van der Waals surface area (Å²) in [5.74, 6) is -0.502.